The molecule has 0 fully saturated rings. The highest BCUT2D eigenvalue weighted by Gasteiger charge is 2.14. The van der Waals surface area contributed by atoms with E-state index < -0.39 is 0 Å². The predicted molar refractivity (Wildman–Crippen MR) is 102 cm³/mol. The molecule has 0 atom stereocenters. The Morgan fingerprint density at radius 3 is 2.11 bits per heavy atom. The number of hydrogen-bond acceptors (Lipinski definition) is 4. The van der Waals surface area contributed by atoms with E-state index in [4.69, 9.17) is 0 Å². The lowest BCUT2D eigenvalue weighted by Gasteiger charge is -2.05. The van der Waals surface area contributed by atoms with E-state index in [9.17, 15) is 4.79 Å². The van der Waals surface area contributed by atoms with Gasteiger partial charge in [-0.1, -0.05) is 24.3 Å². The molecule has 4 aromatic rings. The van der Waals surface area contributed by atoms with Crippen LogP contribution in [0, 0.1) is 0 Å². The zero-order chi connectivity index (χ0) is 18.5. The lowest BCUT2D eigenvalue weighted by Crippen LogP contribution is -2.37. The summed E-state index contributed by atoms with van der Waals surface area (Å²) in [6.07, 6.45) is 5.46. The van der Waals surface area contributed by atoms with Gasteiger partial charge in [0.15, 0.2) is 12.4 Å². The Hall–Kier alpha value is -3.73. The first-order valence-corrected chi connectivity index (χ1v) is 8.63. The molecular weight excluding hydrogens is 336 g/mol. The molecule has 4 rings (SSSR count). The molecule has 0 saturated carbocycles. The van der Waals surface area contributed by atoms with E-state index in [1.807, 2.05) is 83.7 Å². The third kappa shape index (κ3) is 3.93. The van der Waals surface area contributed by atoms with Crippen molar-refractivity contribution in [3.63, 3.8) is 0 Å². The fourth-order valence-electron chi connectivity index (χ4n) is 2.75. The van der Waals surface area contributed by atoms with Crippen LogP contribution in [0.25, 0.3) is 22.8 Å². The van der Waals surface area contributed by atoms with Gasteiger partial charge in [0.05, 0.1) is 22.8 Å². The topological polar surface area (TPSA) is 59.6 Å². The van der Waals surface area contributed by atoms with Gasteiger partial charge in [0.2, 0.25) is 12.3 Å². The minimum absolute atomic E-state index is 0.0473. The molecular formula is C22H17N4O+. The molecule has 5 heteroatoms. The van der Waals surface area contributed by atoms with Crippen molar-refractivity contribution in [2.24, 2.45) is 0 Å². The van der Waals surface area contributed by atoms with Crippen LogP contribution in [0.5, 0.6) is 0 Å². The number of ketones is 1. The van der Waals surface area contributed by atoms with Crippen LogP contribution in [0.1, 0.15) is 10.5 Å². The van der Waals surface area contributed by atoms with Gasteiger partial charge >= 0.3 is 0 Å². The summed E-state index contributed by atoms with van der Waals surface area (Å²) in [5.74, 6) is -0.0473. The molecule has 27 heavy (non-hydrogen) atoms. The number of rotatable bonds is 5. The summed E-state index contributed by atoms with van der Waals surface area (Å²) in [6.45, 7) is 0.249. The summed E-state index contributed by atoms with van der Waals surface area (Å²) in [6, 6.07) is 22.6. The van der Waals surface area contributed by atoms with Crippen molar-refractivity contribution in [3.8, 4) is 22.8 Å². The molecule has 5 nitrogen and oxygen atoms in total. The third-order valence-electron chi connectivity index (χ3n) is 4.08. The van der Waals surface area contributed by atoms with E-state index in [1.54, 1.807) is 12.3 Å². The van der Waals surface area contributed by atoms with E-state index in [2.05, 4.69) is 15.0 Å². The maximum atomic E-state index is 12.6. The van der Waals surface area contributed by atoms with Crippen LogP contribution in [0.3, 0.4) is 0 Å². The fraction of sp³-hybridized carbons (Fsp3) is 0.0455. The molecule has 0 amide bonds. The summed E-state index contributed by atoms with van der Waals surface area (Å²) >= 11 is 0. The molecule has 0 aliphatic rings. The number of hydrogen-bond donors (Lipinski definition) is 0. The van der Waals surface area contributed by atoms with Crippen LogP contribution in [-0.2, 0) is 6.54 Å². The number of carbonyl (C=O) groups excluding carboxylic acids is 1. The molecule has 0 N–H and O–H groups in total. The summed E-state index contributed by atoms with van der Waals surface area (Å²) < 4.78 is 1.83. The number of aromatic nitrogens is 4. The van der Waals surface area contributed by atoms with E-state index in [-0.39, 0.29) is 12.3 Å². The predicted octanol–water partition coefficient (Wildman–Crippen LogP) is 3.38. The van der Waals surface area contributed by atoms with Gasteiger partial charge in [-0.25, -0.2) is 9.97 Å². The van der Waals surface area contributed by atoms with Crippen LogP contribution >= 0.6 is 0 Å². The zero-order valence-corrected chi connectivity index (χ0v) is 14.6. The summed E-state index contributed by atoms with van der Waals surface area (Å²) in [5.41, 5.74) is 3.37. The molecule has 0 aliphatic carbocycles. The lowest BCUT2D eigenvalue weighted by molar-refractivity contribution is -0.683. The van der Waals surface area contributed by atoms with E-state index in [1.165, 1.54) is 0 Å². The highest BCUT2D eigenvalue weighted by molar-refractivity contribution is 5.93. The zero-order valence-electron chi connectivity index (χ0n) is 14.6. The van der Waals surface area contributed by atoms with Crippen LogP contribution < -0.4 is 4.57 Å². The largest absolute Gasteiger partial charge is 0.285 e. The normalized spacial score (nSPS) is 10.5. The van der Waals surface area contributed by atoms with Gasteiger partial charge in [0, 0.05) is 18.3 Å². The van der Waals surface area contributed by atoms with Crippen molar-refractivity contribution in [2.75, 3.05) is 0 Å². The van der Waals surface area contributed by atoms with Gasteiger partial charge in [-0.2, -0.15) is 4.57 Å². The Bertz CT molecular complexity index is 1070. The number of nitrogens with zero attached hydrogens (tertiary/aromatic N) is 4. The molecule has 0 bridgehead atoms. The molecule has 0 radical (unpaired) electrons. The monoisotopic (exact) mass is 353 g/mol. The van der Waals surface area contributed by atoms with Crippen molar-refractivity contribution < 1.29 is 9.36 Å². The minimum atomic E-state index is -0.0473. The minimum Gasteiger partial charge on any atom is -0.285 e. The molecule has 4 aromatic heterocycles. The molecule has 0 saturated heterocycles. The Morgan fingerprint density at radius 1 is 0.704 bits per heavy atom. The molecule has 0 aromatic carbocycles. The second-order valence-corrected chi connectivity index (χ2v) is 6.00. The highest BCUT2D eigenvalue weighted by atomic mass is 16.1. The first kappa shape index (κ1) is 16.7. The number of pyridine rings is 4. The SMILES string of the molecule is O=C(C[n+]1ccccc1)c1cccc(-c2cccc(-c3ccccn3)n2)n1. The van der Waals surface area contributed by atoms with E-state index >= 15 is 0 Å². The molecule has 130 valence electrons. The molecule has 4 heterocycles. The average Bonchev–Trinajstić information content (AvgIpc) is 2.75. The van der Waals surface area contributed by atoms with Crippen LogP contribution in [0.2, 0.25) is 0 Å². The summed E-state index contributed by atoms with van der Waals surface area (Å²) in [4.78, 5) is 26.1. The Kier molecular flexibility index (Phi) is 4.74. The van der Waals surface area contributed by atoms with Crippen molar-refractivity contribution in [1.29, 1.82) is 0 Å². The van der Waals surface area contributed by atoms with Crippen LogP contribution in [0.4, 0.5) is 0 Å². The first-order valence-electron chi connectivity index (χ1n) is 8.63. The summed E-state index contributed by atoms with van der Waals surface area (Å²) in [7, 11) is 0. The van der Waals surface area contributed by atoms with Gasteiger partial charge < -0.3 is 0 Å². The number of Topliss-reactive ketones (excluding diaryl/α,β-unsaturated/α-hetero) is 1. The second kappa shape index (κ2) is 7.66. The molecule has 0 spiro atoms. The Balaban J connectivity index is 1.62. The van der Waals surface area contributed by atoms with Crippen LogP contribution in [-0.4, -0.2) is 20.7 Å². The van der Waals surface area contributed by atoms with E-state index in [0.717, 1.165) is 11.4 Å². The smallest absolute Gasteiger partial charge is 0.245 e. The average molecular weight is 353 g/mol. The Morgan fingerprint density at radius 2 is 1.37 bits per heavy atom. The fourth-order valence-corrected chi connectivity index (χ4v) is 2.75. The van der Waals surface area contributed by atoms with Crippen molar-refractivity contribution >= 4 is 5.78 Å². The van der Waals surface area contributed by atoms with Gasteiger partial charge in [0.1, 0.15) is 5.69 Å². The number of carbonyl (C=O) groups is 1. The molecule has 0 aliphatic heterocycles. The Labute approximate surface area is 157 Å². The quantitative estimate of drug-likeness (QED) is 0.408. The first-order chi connectivity index (χ1) is 13.3. The van der Waals surface area contributed by atoms with Crippen molar-refractivity contribution in [2.45, 2.75) is 6.54 Å². The van der Waals surface area contributed by atoms with Crippen LogP contribution in [0.15, 0.2) is 91.4 Å². The summed E-state index contributed by atoms with van der Waals surface area (Å²) in [5, 5.41) is 0. The van der Waals surface area contributed by atoms with E-state index in [0.29, 0.717) is 17.1 Å². The lowest BCUT2D eigenvalue weighted by atomic mass is 10.1. The van der Waals surface area contributed by atoms with Crippen molar-refractivity contribution in [3.05, 3.63) is 97.1 Å². The van der Waals surface area contributed by atoms with Gasteiger partial charge in [-0.05, 0) is 36.4 Å². The standard InChI is InChI=1S/C22H17N4O/c27-22(16-26-14-4-1-5-15-26)21-12-7-11-20(25-21)19-10-6-9-18(24-19)17-8-2-3-13-23-17/h1-15H,16H2/q+1. The maximum absolute atomic E-state index is 12.6. The van der Waals surface area contributed by atoms with Gasteiger partial charge in [0.25, 0.3) is 0 Å². The molecule has 0 unspecified atom stereocenters. The van der Waals surface area contributed by atoms with Gasteiger partial charge in [-0.15, -0.1) is 0 Å². The highest BCUT2D eigenvalue weighted by Crippen LogP contribution is 2.20. The van der Waals surface area contributed by atoms with Crippen molar-refractivity contribution in [1.82, 2.24) is 15.0 Å². The van der Waals surface area contributed by atoms with Gasteiger partial charge in [-0.3, -0.25) is 9.78 Å². The third-order valence-corrected chi connectivity index (χ3v) is 4.08. The maximum Gasteiger partial charge on any atom is 0.245 e. The second-order valence-electron chi connectivity index (χ2n) is 6.00.